The number of carbonyl (C=O) groups is 2. The molecular formula is C6H11ClN2O2. The van der Waals surface area contributed by atoms with Crippen LogP contribution >= 0.6 is 12.4 Å². The molecule has 0 aromatic rings. The van der Waals surface area contributed by atoms with E-state index < -0.39 is 0 Å². The first kappa shape index (κ1) is 10.4. The first-order valence-corrected chi connectivity index (χ1v) is 3.29. The molecule has 1 aliphatic rings. The Kier molecular flexibility index (Phi) is 4.07. The molecule has 0 unspecified atom stereocenters. The molecule has 5 heteroatoms. The Bertz CT molecular complexity index is 156. The Hall–Kier alpha value is -0.610. The maximum absolute atomic E-state index is 10.8. The fraction of sp³-hybridized carbons (Fsp3) is 0.667. The minimum Gasteiger partial charge on any atom is -0.329 e. The fourth-order valence-electron chi connectivity index (χ4n) is 1.00. The third-order valence-corrected chi connectivity index (χ3v) is 1.51. The Balaban J connectivity index is 0.000001000. The highest BCUT2D eigenvalue weighted by Gasteiger charge is 2.27. The smallest absolute Gasteiger partial charge is 0.229 e. The summed E-state index contributed by atoms with van der Waals surface area (Å²) in [4.78, 5) is 22.9. The minimum absolute atomic E-state index is 0. The molecule has 0 aromatic carbocycles. The van der Waals surface area contributed by atoms with E-state index in [4.69, 9.17) is 5.73 Å². The van der Waals surface area contributed by atoms with Gasteiger partial charge >= 0.3 is 0 Å². The maximum Gasteiger partial charge on any atom is 0.229 e. The number of carbonyl (C=O) groups excluding carboxylic acids is 2. The minimum atomic E-state index is -0.0875. The normalized spacial score (nSPS) is 17.0. The van der Waals surface area contributed by atoms with Gasteiger partial charge in [0.15, 0.2) is 0 Å². The van der Waals surface area contributed by atoms with E-state index >= 15 is 0 Å². The molecule has 0 spiro atoms. The zero-order valence-corrected chi connectivity index (χ0v) is 6.89. The molecule has 4 nitrogen and oxygen atoms in total. The molecule has 0 bridgehead atoms. The van der Waals surface area contributed by atoms with Crippen LogP contribution in [0, 0.1) is 0 Å². The van der Waals surface area contributed by atoms with Gasteiger partial charge < -0.3 is 5.73 Å². The number of halogens is 1. The first-order valence-electron chi connectivity index (χ1n) is 3.29. The van der Waals surface area contributed by atoms with Gasteiger partial charge in [-0.2, -0.15) is 0 Å². The Morgan fingerprint density at radius 3 is 2.09 bits per heavy atom. The van der Waals surface area contributed by atoms with Gasteiger partial charge in [0.05, 0.1) is 0 Å². The van der Waals surface area contributed by atoms with Gasteiger partial charge in [-0.3, -0.25) is 14.5 Å². The van der Waals surface area contributed by atoms with Crippen molar-refractivity contribution in [2.75, 3.05) is 13.1 Å². The molecule has 2 N–H and O–H groups in total. The zero-order chi connectivity index (χ0) is 7.56. The standard InChI is InChI=1S/C6H10N2O2.ClH/c7-3-4-8-5(9)1-2-6(8)10;/h1-4,7H2;1H. The van der Waals surface area contributed by atoms with E-state index in [2.05, 4.69) is 0 Å². The predicted molar refractivity (Wildman–Crippen MR) is 42.3 cm³/mol. The van der Waals surface area contributed by atoms with Crippen molar-refractivity contribution in [3.63, 3.8) is 0 Å². The van der Waals surface area contributed by atoms with Crippen molar-refractivity contribution in [2.24, 2.45) is 5.73 Å². The van der Waals surface area contributed by atoms with E-state index in [1.165, 1.54) is 4.90 Å². The summed E-state index contributed by atoms with van der Waals surface area (Å²) in [7, 11) is 0. The second-order valence-corrected chi connectivity index (χ2v) is 2.23. The lowest BCUT2D eigenvalue weighted by molar-refractivity contribution is -0.138. The highest BCUT2D eigenvalue weighted by atomic mass is 35.5. The number of likely N-dealkylation sites (tertiary alicyclic amines) is 1. The molecule has 0 aromatic heterocycles. The molecule has 2 amide bonds. The van der Waals surface area contributed by atoms with Crippen molar-refractivity contribution in [1.29, 1.82) is 0 Å². The molecule has 11 heavy (non-hydrogen) atoms. The van der Waals surface area contributed by atoms with Crippen molar-refractivity contribution in [1.82, 2.24) is 4.90 Å². The quantitative estimate of drug-likeness (QED) is 0.581. The average Bonchev–Trinajstić information content (AvgIpc) is 2.20. The van der Waals surface area contributed by atoms with Gasteiger partial charge in [-0.25, -0.2) is 0 Å². The van der Waals surface area contributed by atoms with Gasteiger partial charge in [0.1, 0.15) is 0 Å². The van der Waals surface area contributed by atoms with Crippen molar-refractivity contribution in [2.45, 2.75) is 12.8 Å². The molecule has 0 aliphatic carbocycles. The van der Waals surface area contributed by atoms with Gasteiger partial charge in [0, 0.05) is 25.9 Å². The van der Waals surface area contributed by atoms with Crippen molar-refractivity contribution in [3.05, 3.63) is 0 Å². The average molecular weight is 179 g/mol. The number of nitrogens with two attached hydrogens (primary N) is 1. The molecule has 0 saturated carbocycles. The van der Waals surface area contributed by atoms with Crippen LogP contribution in [0.25, 0.3) is 0 Å². The van der Waals surface area contributed by atoms with E-state index in [1.54, 1.807) is 0 Å². The van der Waals surface area contributed by atoms with Crippen LogP contribution in [-0.4, -0.2) is 29.8 Å². The van der Waals surface area contributed by atoms with Crippen LogP contribution in [0.2, 0.25) is 0 Å². The Morgan fingerprint density at radius 2 is 1.73 bits per heavy atom. The molecule has 0 atom stereocenters. The van der Waals surface area contributed by atoms with Gasteiger partial charge in [-0.1, -0.05) is 0 Å². The molecule has 64 valence electrons. The zero-order valence-electron chi connectivity index (χ0n) is 6.08. The lowest BCUT2D eigenvalue weighted by Gasteiger charge is -2.10. The van der Waals surface area contributed by atoms with E-state index in [1.807, 2.05) is 0 Å². The third-order valence-electron chi connectivity index (χ3n) is 1.51. The Labute approximate surface area is 71.1 Å². The fourth-order valence-corrected chi connectivity index (χ4v) is 1.00. The van der Waals surface area contributed by atoms with Gasteiger partial charge in [-0.05, 0) is 0 Å². The van der Waals surface area contributed by atoms with Gasteiger partial charge in [0.25, 0.3) is 0 Å². The van der Waals surface area contributed by atoms with E-state index in [9.17, 15) is 9.59 Å². The first-order chi connectivity index (χ1) is 4.75. The molecular weight excluding hydrogens is 168 g/mol. The largest absolute Gasteiger partial charge is 0.329 e. The summed E-state index contributed by atoms with van der Waals surface area (Å²) in [6.45, 7) is 0.731. The molecule has 1 saturated heterocycles. The molecule has 1 fully saturated rings. The summed E-state index contributed by atoms with van der Waals surface area (Å²) in [5, 5.41) is 0. The topological polar surface area (TPSA) is 63.4 Å². The summed E-state index contributed by atoms with van der Waals surface area (Å²) >= 11 is 0. The van der Waals surface area contributed by atoms with Crippen LogP contribution in [0.1, 0.15) is 12.8 Å². The number of imide groups is 1. The number of amides is 2. The van der Waals surface area contributed by atoms with Crippen LogP contribution in [0.15, 0.2) is 0 Å². The highest BCUT2D eigenvalue weighted by Crippen LogP contribution is 2.09. The van der Waals surface area contributed by atoms with Crippen LogP contribution in [0.3, 0.4) is 0 Å². The summed E-state index contributed by atoms with van der Waals surface area (Å²) < 4.78 is 0. The predicted octanol–water partition coefficient (Wildman–Crippen LogP) is -0.484. The number of nitrogens with zero attached hydrogens (tertiary/aromatic N) is 1. The second kappa shape index (κ2) is 4.31. The summed E-state index contributed by atoms with van der Waals surface area (Å²) in [5.74, 6) is -0.175. The number of hydrogen-bond donors (Lipinski definition) is 1. The van der Waals surface area contributed by atoms with Crippen molar-refractivity contribution >= 4 is 24.2 Å². The monoisotopic (exact) mass is 178 g/mol. The number of hydrogen-bond acceptors (Lipinski definition) is 3. The van der Waals surface area contributed by atoms with Crippen molar-refractivity contribution < 1.29 is 9.59 Å². The highest BCUT2D eigenvalue weighted by molar-refractivity contribution is 6.01. The second-order valence-electron chi connectivity index (χ2n) is 2.23. The van der Waals surface area contributed by atoms with E-state index in [-0.39, 0.29) is 24.2 Å². The third kappa shape index (κ3) is 2.17. The lowest BCUT2D eigenvalue weighted by atomic mass is 10.4. The summed E-state index contributed by atoms with van der Waals surface area (Å²) in [5.41, 5.74) is 5.19. The van der Waals surface area contributed by atoms with Crippen LogP contribution in [-0.2, 0) is 9.59 Å². The van der Waals surface area contributed by atoms with Gasteiger partial charge in [-0.15, -0.1) is 12.4 Å². The summed E-state index contributed by atoms with van der Waals surface area (Å²) in [6, 6.07) is 0. The molecule has 1 aliphatic heterocycles. The maximum atomic E-state index is 10.8. The molecule has 1 rings (SSSR count). The van der Waals surface area contributed by atoms with Crippen LogP contribution in [0.4, 0.5) is 0 Å². The van der Waals surface area contributed by atoms with Crippen LogP contribution in [0.5, 0.6) is 0 Å². The van der Waals surface area contributed by atoms with Crippen molar-refractivity contribution in [3.8, 4) is 0 Å². The van der Waals surface area contributed by atoms with Gasteiger partial charge in [0.2, 0.25) is 11.8 Å². The Morgan fingerprint density at radius 1 is 1.27 bits per heavy atom. The summed E-state index contributed by atoms with van der Waals surface area (Å²) in [6.07, 6.45) is 0.720. The SMILES string of the molecule is Cl.NCCN1C(=O)CCC1=O. The van der Waals surface area contributed by atoms with Crippen LogP contribution < -0.4 is 5.73 Å². The lowest BCUT2D eigenvalue weighted by Crippen LogP contribution is -2.33. The number of rotatable bonds is 2. The van der Waals surface area contributed by atoms with E-state index in [0.717, 1.165) is 0 Å². The molecule has 0 radical (unpaired) electrons. The van der Waals surface area contributed by atoms with E-state index in [0.29, 0.717) is 25.9 Å². The molecule has 1 heterocycles.